The number of fused-ring (bicyclic) bond motifs is 1. The average molecular weight is 369 g/mol. The van der Waals surface area contributed by atoms with Gasteiger partial charge in [-0.05, 0) is 13.8 Å². The largest absolute Gasteiger partial charge is 0.463 e. The van der Waals surface area contributed by atoms with Gasteiger partial charge in [0.25, 0.3) is 0 Å². The lowest BCUT2D eigenvalue weighted by atomic mass is 10.1. The van der Waals surface area contributed by atoms with E-state index in [1.165, 1.54) is 13.3 Å². The van der Waals surface area contributed by atoms with Crippen molar-refractivity contribution in [3.63, 3.8) is 0 Å². The highest BCUT2D eigenvalue weighted by molar-refractivity contribution is 6.30. The summed E-state index contributed by atoms with van der Waals surface area (Å²) in [5, 5.41) is 12.3. The average Bonchev–Trinajstić information content (AvgIpc) is 3.00. The van der Waals surface area contributed by atoms with Crippen LogP contribution in [0.2, 0.25) is 5.15 Å². The highest BCUT2D eigenvalue weighted by Gasteiger charge is 2.55. The Hall–Kier alpha value is -1.99. The smallest absolute Gasteiger partial charge is 0.302 e. The number of esters is 1. The minimum Gasteiger partial charge on any atom is -0.463 e. The molecule has 1 N–H and O–H groups in total. The molecule has 2 aliphatic rings. The Labute approximate surface area is 149 Å². The van der Waals surface area contributed by atoms with E-state index >= 15 is 0 Å². The van der Waals surface area contributed by atoms with Crippen molar-refractivity contribution in [3.05, 3.63) is 17.0 Å². The second-order valence-corrected chi connectivity index (χ2v) is 6.46. The number of rotatable bonds is 4. The number of nitriles is 1. The normalized spacial score (nSPS) is 29.7. The molecule has 9 nitrogen and oxygen atoms in total. The van der Waals surface area contributed by atoms with E-state index in [1.807, 2.05) is 6.07 Å². The van der Waals surface area contributed by atoms with Crippen LogP contribution in [0.4, 0.5) is 5.82 Å². The minimum atomic E-state index is -0.811. The van der Waals surface area contributed by atoms with Crippen molar-refractivity contribution in [1.82, 2.24) is 9.97 Å². The summed E-state index contributed by atoms with van der Waals surface area (Å²) in [5.41, 5.74) is 0.103. The molecule has 2 aliphatic heterocycles. The molecule has 1 aromatic rings. The lowest BCUT2D eigenvalue weighted by molar-refractivity contribution is -0.189. The second kappa shape index (κ2) is 6.72. The number of carbonyl (C=O) groups is 1. The lowest BCUT2D eigenvalue weighted by Gasteiger charge is -2.24. The molecule has 134 valence electrons. The van der Waals surface area contributed by atoms with Gasteiger partial charge in [-0.3, -0.25) is 4.79 Å². The van der Waals surface area contributed by atoms with Crippen LogP contribution in [0.1, 0.15) is 26.3 Å². The van der Waals surface area contributed by atoms with Crippen molar-refractivity contribution in [2.24, 2.45) is 0 Å². The van der Waals surface area contributed by atoms with Gasteiger partial charge >= 0.3 is 5.97 Å². The van der Waals surface area contributed by atoms with Gasteiger partial charge < -0.3 is 24.3 Å². The van der Waals surface area contributed by atoms with Crippen molar-refractivity contribution in [1.29, 1.82) is 5.26 Å². The number of nitrogens with zero attached hydrogens (tertiary/aromatic N) is 3. The molecule has 0 unspecified atom stereocenters. The summed E-state index contributed by atoms with van der Waals surface area (Å²) in [6, 6.07) is 1.95. The zero-order valence-electron chi connectivity index (χ0n) is 13.9. The van der Waals surface area contributed by atoms with E-state index in [-0.39, 0.29) is 23.1 Å². The third-order valence-electron chi connectivity index (χ3n) is 3.79. The number of ether oxygens (including phenoxy) is 4. The Bertz CT molecular complexity index is 722. The number of halogens is 1. The summed E-state index contributed by atoms with van der Waals surface area (Å²) < 4.78 is 22.7. The van der Waals surface area contributed by atoms with Crippen LogP contribution in [-0.2, 0) is 23.7 Å². The van der Waals surface area contributed by atoms with E-state index in [0.29, 0.717) is 0 Å². The highest BCUT2D eigenvalue weighted by Crippen LogP contribution is 2.39. The van der Waals surface area contributed by atoms with Crippen molar-refractivity contribution in [2.45, 2.75) is 51.1 Å². The number of anilines is 1. The molecule has 3 rings (SSSR count). The van der Waals surface area contributed by atoms with Crippen LogP contribution < -0.4 is 5.32 Å². The van der Waals surface area contributed by atoms with Crippen LogP contribution in [0.15, 0.2) is 6.33 Å². The molecule has 0 aliphatic carbocycles. The first-order valence-electron chi connectivity index (χ1n) is 7.62. The number of aromatic nitrogens is 2. The molecule has 0 amide bonds. The van der Waals surface area contributed by atoms with Gasteiger partial charge in [-0.25, -0.2) is 9.97 Å². The first-order chi connectivity index (χ1) is 11.8. The number of hydrogen-bond acceptors (Lipinski definition) is 9. The molecule has 4 atom stereocenters. The van der Waals surface area contributed by atoms with E-state index < -0.39 is 36.3 Å². The van der Waals surface area contributed by atoms with Crippen molar-refractivity contribution in [3.8, 4) is 6.07 Å². The molecule has 0 spiro atoms. The molecule has 0 radical (unpaired) electrons. The summed E-state index contributed by atoms with van der Waals surface area (Å²) in [6.07, 6.45) is -0.850. The maximum absolute atomic E-state index is 11.1. The third kappa shape index (κ3) is 3.67. The maximum Gasteiger partial charge on any atom is 0.302 e. The summed E-state index contributed by atoms with van der Waals surface area (Å²) in [4.78, 5) is 18.9. The van der Waals surface area contributed by atoms with Gasteiger partial charge in [0, 0.05) is 6.92 Å². The Morgan fingerprint density at radius 2 is 2.16 bits per heavy atom. The molecule has 0 aromatic carbocycles. The fourth-order valence-corrected chi connectivity index (χ4v) is 3.01. The number of hydrogen-bond donors (Lipinski definition) is 1. The van der Waals surface area contributed by atoms with Crippen LogP contribution in [0.25, 0.3) is 0 Å². The predicted octanol–water partition coefficient (Wildman–Crippen LogP) is 1.22. The monoisotopic (exact) mass is 368 g/mol. The molecular weight excluding hydrogens is 352 g/mol. The number of carbonyl (C=O) groups excluding carboxylic acids is 1. The SMILES string of the molecule is CC(=O)OC[C@H]1O[C@@H](Nc2ncnc(Cl)c2C#N)[C@@H]2OC(C)(C)O[C@@H]21. The Morgan fingerprint density at radius 3 is 2.84 bits per heavy atom. The standard InChI is InChI=1S/C15H17ClN4O5/c1-7(21)22-5-9-10-11(25-15(2,3)24-10)14(23-9)20-13-8(4-17)12(16)18-6-19-13/h6,9-11,14H,5H2,1-3H3,(H,18,19,20)/t9-,10-,11-,14-/m1/s1. The number of nitrogens with one attached hydrogen (secondary N) is 1. The van der Waals surface area contributed by atoms with E-state index in [0.717, 1.165) is 0 Å². The summed E-state index contributed by atoms with van der Waals surface area (Å²) >= 11 is 5.92. The molecule has 1 aromatic heterocycles. The summed E-state index contributed by atoms with van der Waals surface area (Å²) in [7, 11) is 0. The quantitative estimate of drug-likeness (QED) is 0.618. The topological polar surface area (TPSA) is 116 Å². The van der Waals surface area contributed by atoms with Gasteiger partial charge in [-0.1, -0.05) is 11.6 Å². The van der Waals surface area contributed by atoms with Crippen molar-refractivity contribution < 1.29 is 23.7 Å². The fourth-order valence-electron chi connectivity index (χ4n) is 2.84. The molecule has 10 heteroatoms. The Morgan fingerprint density at radius 1 is 1.44 bits per heavy atom. The van der Waals surface area contributed by atoms with Crippen LogP contribution >= 0.6 is 11.6 Å². The van der Waals surface area contributed by atoms with Gasteiger partial charge in [0.2, 0.25) is 0 Å². The van der Waals surface area contributed by atoms with E-state index in [2.05, 4.69) is 15.3 Å². The summed E-state index contributed by atoms with van der Waals surface area (Å²) in [5.74, 6) is -0.994. The maximum atomic E-state index is 11.1. The highest BCUT2D eigenvalue weighted by atomic mass is 35.5. The molecule has 2 fully saturated rings. The zero-order valence-corrected chi connectivity index (χ0v) is 14.6. The first-order valence-corrected chi connectivity index (χ1v) is 8.00. The van der Waals surface area contributed by atoms with Crippen LogP contribution in [0, 0.1) is 11.3 Å². The van der Waals surface area contributed by atoms with E-state index in [9.17, 15) is 10.1 Å². The van der Waals surface area contributed by atoms with Gasteiger partial charge in [-0.15, -0.1) is 0 Å². The van der Waals surface area contributed by atoms with Crippen molar-refractivity contribution >= 4 is 23.4 Å². The van der Waals surface area contributed by atoms with Gasteiger partial charge in [0.05, 0.1) is 0 Å². The van der Waals surface area contributed by atoms with Gasteiger partial charge in [0.1, 0.15) is 42.9 Å². The molecule has 25 heavy (non-hydrogen) atoms. The first kappa shape index (κ1) is 17.8. The van der Waals surface area contributed by atoms with Crippen LogP contribution in [0.5, 0.6) is 0 Å². The fraction of sp³-hybridized carbons (Fsp3) is 0.600. The predicted molar refractivity (Wildman–Crippen MR) is 84.5 cm³/mol. The van der Waals surface area contributed by atoms with Gasteiger partial charge in [0.15, 0.2) is 23.0 Å². The molecule has 2 saturated heterocycles. The molecule has 3 heterocycles. The third-order valence-corrected chi connectivity index (χ3v) is 4.08. The van der Waals surface area contributed by atoms with Crippen LogP contribution in [-0.4, -0.2) is 52.9 Å². The second-order valence-electron chi connectivity index (χ2n) is 6.11. The Balaban J connectivity index is 1.81. The summed E-state index contributed by atoms with van der Waals surface area (Å²) in [6.45, 7) is 4.92. The van der Waals surface area contributed by atoms with Crippen LogP contribution in [0.3, 0.4) is 0 Å². The molecule has 0 bridgehead atoms. The minimum absolute atomic E-state index is 0.0315. The van der Waals surface area contributed by atoms with E-state index in [1.54, 1.807) is 13.8 Å². The van der Waals surface area contributed by atoms with Crippen molar-refractivity contribution in [2.75, 3.05) is 11.9 Å². The molecular formula is C15H17ClN4O5. The van der Waals surface area contributed by atoms with Gasteiger partial charge in [-0.2, -0.15) is 5.26 Å². The lowest BCUT2D eigenvalue weighted by Crippen LogP contribution is -2.35. The molecule has 0 saturated carbocycles. The zero-order chi connectivity index (χ0) is 18.2. The van der Waals surface area contributed by atoms with E-state index in [4.69, 9.17) is 30.5 Å². The Kier molecular flexibility index (Phi) is 4.79.